The van der Waals surface area contributed by atoms with Crippen molar-refractivity contribution in [3.05, 3.63) is 12.2 Å². The molecular weight excluding hydrogens is 723 g/mol. The molecule has 0 aromatic rings. The van der Waals surface area contributed by atoms with E-state index in [-0.39, 0.29) is 19.6 Å². The van der Waals surface area contributed by atoms with E-state index in [2.05, 4.69) is 19.2 Å². The van der Waals surface area contributed by atoms with Crippen molar-refractivity contribution in [2.75, 3.05) is 19.8 Å². The molecule has 0 aliphatic rings. The Morgan fingerprint density at radius 1 is 0.607 bits per heavy atom. The van der Waals surface area contributed by atoms with E-state index >= 15 is 0 Å². The maximum absolute atomic E-state index is 12.8. The lowest BCUT2D eigenvalue weighted by atomic mass is 10.0. The monoisotopic (exact) mass is 817 g/mol. The van der Waals surface area contributed by atoms with Crippen LogP contribution in [0.1, 0.15) is 239 Å². The number of unbranched alkanes of at least 4 members (excludes halogenated alkanes) is 31. The molecule has 0 heterocycles. The Labute approximate surface area is 346 Å². The molecule has 0 aliphatic heterocycles. The first kappa shape index (κ1) is 55.2. The van der Waals surface area contributed by atoms with E-state index in [4.69, 9.17) is 14.8 Å². The summed E-state index contributed by atoms with van der Waals surface area (Å²) in [7, 11) is -4.40. The second-order valence-corrected chi connectivity index (χ2v) is 18.0. The predicted octanol–water partition coefficient (Wildman–Crippen LogP) is 12.5. The van der Waals surface area contributed by atoms with Crippen molar-refractivity contribution >= 4 is 13.7 Å². The highest BCUT2D eigenvalue weighted by Crippen LogP contribution is 2.43. The summed E-state index contributed by atoms with van der Waals surface area (Å²) in [4.78, 5) is 22.8. The van der Waals surface area contributed by atoms with E-state index in [0.29, 0.717) is 6.42 Å². The maximum atomic E-state index is 12.8. The first-order chi connectivity index (χ1) is 27.3. The van der Waals surface area contributed by atoms with Crippen LogP contribution in [0.15, 0.2) is 12.2 Å². The number of rotatable bonds is 45. The van der Waals surface area contributed by atoms with Gasteiger partial charge in [0.1, 0.15) is 0 Å². The standard InChI is InChI=1S/C46H93N2O7P/c1-3-5-7-9-11-13-15-17-19-20-21-22-24-26-28-30-32-34-36-38-45(50)44(42-55-56(52,53)54-40-39-47)48-46(51)41-43(49)37-35-33-31-29-27-25-23-18-16-14-12-10-8-6-4-2/h36,38,43-45,49-50H,3-35,37,39-42,47H2,1-2H3,(H,48,51)(H,52,53)/b38-36+. The zero-order valence-electron chi connectivity index (χ0n) is 36.8. The van der Waals surface area contributed by atoms with Crippen LogP contribution in [0.4, 0.5) is 0 Å². The van der Waals surface area contributed by atoms with Gasteiger partial charge < -0.3 is 26.2 Å². The Hall–Kier alpha value is -0.800. The number of phosphoric ester groups is 1. The van der Waals surface area contributed by atoms with Gasteiger partial charge in [-0.25, -0.2) is 4.57 Å². The number of hydrogen-bond acceptors (Lipinski definition) is 7. The summed E-state index contributed by atoms with van der Waals surface area (Å²) in [5.74, 6) is -0.441. The first-order valence-corrected chi connectivity index (χ1v) is 25.4. The number of carbonyl (C=O) groups excluding carboxylic acids is 1. The minimum absolute atomic E-state index is 0.0517. The van der Waals surface area contributed by atoms with Crippen LogP contribution in [0, 0.1) is 0 Å². The molecule has 0 bridgehead atoms. The minimum atomic E-state index is -4.40. The highest BCUT2D eigenvalue weighted by atomic mass is 31.2. The number of carbonyl (C=O) groups is 1. The average Bonchev–Trinajstić information content (AvgIpc) is 3.17. The highest BCUT2D eigenvalue weighted by molar-refractivity contribution is 7.47. The molecule has 1 amide bonds. The van der Waals surface area contributed by atoms with Gasteiger partial charge in [0.2, 0.25) is 5.91 Å². The van der Waals surface area contributed by atoms with Crippen molar-refractivity contribution in [2.24, 2.45) is 5.73 Å². The number of nitrogens with one attached hydrogen (secondary N) is 1. The third-order valence-corrected chi connectivity index (χ3v) is 11.9. The second-order valence-electron chi connectivity index (χ2n) is 16.5. The van der Waals surface area contributed by atoms with Crippen LogP contribution < -0.4 is 11.1 Å². The van der Waals surface area contributed by atoms with E-state index in [0.717, 1.165) is 38.5 Å². The van der Waals surface area contributed by atoms with Crippen molar-refractivity contribution in [3.63, 3.8) is 0 Å². The third-order valence-electron chi connectivity index (χ3n) is 10.9. The summed E-state index contributed by atoms with van der Waals surface area (Å²) in [5, 5.41) is 24.1. The average molecular weight is 817 g/mol. The molecule has 334 valence electrons. The maximum Gasteiger partial charge on any atom is 0.472 e. The zero-order valence-corrected chi connectivity index (χ0v) is 37.7. The predicted molar refractivity (Wildman–Crippen MR) is 237 cm³/mol. The third kappa shape index (κ3) is 40.0. The number of amides is 1. The lowest BCUT2D eigenvalue weighted by Crippen LogP contribution is -2.46. The molecule has 4 unspecified atom stereocenters. The molecule has 6 N–H and O–H groups in total. The van der Waals surface area contributed by atoms with E-state index < -0.39 is 38.6 Å². The van der Waals surface area contributed by atoms with Gasteiger partial charge in [-0.05, 0) is 19.3 Å². The van der Waals surface area contributed by atoms with Gasteiger partial charge in [-0.1, -0.05) is 225 Å². The molecule has 0 spiro atoms. The zero-order chi connectivity index (χ0) is 41.2. The van der Waals surface area contributed by atoms with Crippen molar-refractivity contribution < 1.29 is 33.5 Å². The van der Waals surface area contributed by atoms with Gasteiger partial charge in [0.05, 0.1) is 37.9 Å². The summed E-state index contributed by atoms with van der Waals surface area (Å²) in [6.07, 6.45) is 44.4. The Kier molecular flexibility index (Phi) is 41.7. The fourth-order valence-corrected chi connectivity index (χ4v) is 8.06. The van der Waals surface area contributed by atoms with E-state index in [1.54, 1.807) is 6.08 Å². The van der Waals surface area contributed by atoms with E-state index in [9.17, 15) is 24.5 Å². The van der Waals surface area contributed by atoms with E-state index in [1.807, 2.05) is 6.08 Å². The number of phosphoric acid groups is 1. The largest absolute Gasteiger partial charge is 0.472 e. The molecule has 0 rings (SSSR count). The lowest BCUT2D eigenvalue weighted by molar-refractivity contribution is -0.124. The van der Waals surface area contributed by atoms with Gasteiger partial charge in [0.15, 0.2) is 0 Å². The number of allylic oxidation sites excluding steroid dienone is 1. The minimum Gasteiger partial charge on any atom is -0.393 e. The van der Waals surface area contributed by atoms with Crippen LogP contribution in [-0.4, -0.2) is 59.0 Å². The topological polar surface area (TPSA) is 151 Å². The summed E-state index contributed by atoms with van der Waals surface area (Å²) >= 11 is 0. The van der Waals surface area contributed by atoms with Crippen LogP contribution >= 0.6 is 7.82 Å². The van der Waals surface area contributed by atoms with Crippen molar-refractivity contribution in [1.29, 1.82) is 0 Å². The highest BCUT2D eigenvalue weighted by Gasteiger charge is 2.27. The van der Waals surface area contributed by atoms with Crippen LogP contribution in [0.2, 0.25) is 0 Å². The van der Waals surface area contributed by atoms with Crippen molar-refractivity contribution in [2.45, 2.75) is 257 Å². The molecule has 0 saturated carbocycles. The molecule has 0 aliphatic carbocycles. The molecule has 0 radical (unpaired) electrons. The molecule has 4 atom stereocenters. The molecule has 0 aromatic heterocycles. The van der Waals surface area contributed by atoms with E-state index in [1.165, 1.54) is 173 Å². The summed E-state index contributed by atoms with van der Waals surface area (Å²) in [5.41, 5.74) is 5.37. The van der Waals surface area contributed by atoms with Gasteiger partial charge in [-0.2, -0.15) is 0 Å². The molecule has 0 fully saturated rings. The van der Waals surface area contributed by atoms with Gasteiger partial charge >= 0.3 is 7.82 Å². The van der Waals surface area contributed by atoms with Crippen molar-refractivity contribution in [3.8, 4) is 0 Å². The van der Waals surface area contributed by atoms with Crippen molar-refractivity contribution in [1.82, 2.24) is 5.32 Å². The number of aliphatic hydroxyl groups excluding tert-OH is 2. The molecule has 9 nitrogen and oxygen atoms in total. The molecule has 0 aromatic carbocycles. The SMILES string of the molecule is CCCCCCCCCCCCCCCCCCC/C=C/C(O)C(COP(=O)(O)OCCN)NC(=O)CC(O)CCCCCCCCCCCCCCCCC. The number of hydrogen-bond donors (Lipinski definition) is 5. The van der Waals surface area contributed by atoms with Gasteiger partial charge in [0.25, 0.3) is 0 Å². The summed E-state index contributed by atoms with van der Waals surface area (Å²) in [6.45, 7) is 4.00. The fraction of sp³-hybridized carbons (Fsp3) is 0.935. The quantitative estimate of drug-likeness (QED) is 0.0231. The number of nitrogens with two attached hydrogens (primary N) is 1. The second kappa shape index (κ2) is 42.3. The van der Waals surface area contributed by atoms with Gasteiger partial charge in [0, 0.05) is 6.54 Å². The van der Waals surface area contributed by atoms with Gasteiger partial charge in [-0.15, -0.1) is 0 Å². The first-order valence-electron chi connectivity index (χ1n) is 23.9. The molecule has 0 saturated heterocycles. The Morgan fingerprint density at radius 3 is 1.38 bits per heavy atom. The summed E-state index contributed by atoms with van der Waals surface area (Å²) < 4.78 is 22.1. The molecule has 56 heavy (non-hydrogen) atoms. The fourth-order valence-electron chi connectivity index (χ4n) is 7.30. The lowest BCUT2D eigenvalue weighted by Gasteiger charge is -2.24. The van der Waals surface area contributed by atoms with Crippen LogP contribution in [0.5, 0.6) is 0 Å². The number of aliphatic hydroxyl groups is 2. The van der Waals surface area contributed by atoms with Gasteiger partial charge in [-0.3, -0.25) is 13.8 Å². The molecule has 10 heteroatoms. The normalized spacial score (nSPS) is 14.6. The Balaban J connectivity index is 4.24. The van der Waals surface area contributed by atoms with Crippen LogP contribution in [0.3, 0.4) is 0 Å². The molecular formula is C46H93N2O7P. The smallest absolute Gasteiger partial charge is 0.393 e. The summed E-state index contributed by atoms with van der Waals surface area (Å²) in [6, 6.07) is -0.978. The van der Waals surface area contributed by atoms with Crippen LogP contribution in [-0.2, 0) is 18.4 Å². The van der Waals surface area contributed by atoms with Crippen LogP contribution in [0.25, 0.3) is 0 Å². The Morgan fingerprint density at radius 2 is 0.982 bits per heavy atom. The Bertz CT molecular complexity index is 909.